The molecule has 1 aromatic heterocycles. The zero-order valence-electron chi connectivity index (χ0n) is 16.2. The number of aromatic nitrogens is 1. The van der Waals surface area contributed by atoms with Crippen molar-refractivity contribution in [2.24, 2.45) is 5.10 Å². The van der Waals surface area contributed by atoms with Gasteiger partial charge in [0.1, 0.15) is 0 Å². The van der Waals surface area contributed by atoms with Gasteiger partial charge in [-0.2, -0.15) is 5.10 Å². The molecule has 3 aromatic carbocycles. The molecule has 4 nitrogen and oxygen atoms in total. The number of benzene rings is 3. The van der Waals surface area contributed by atoms with Gasteiger partial charge in [-0.1, -0.05) is 36.4 Å². The molecule has 5 heteroatoms. The van der Waals surface area contributed by atoms with Crippen LogP contribution in [0.3, 0.4) is 0 Å². The summed E-state index contributed by atoms with van der Waals surface area (Å²) in [7, 11) is 0. The monoisotopic (exact) mass is 493 g/mol. The van der Waals surface area contributed by atoms with Gasteiger partial charge >= 0.3 is 0 Å². The average molecular weight is 493 g/mol. The largest absolute Gasteiger partial charge is 0.318 e. The van der Waals surface area contributed by atoms with E-state index < -0.39 is 0 Å². The first kappa shape index (κ1) is 19.4. The van der Waals surface area contributed by atoms with Crippen LogP contribution in [-0.2, 0) is 0 Å². The molecule has 0 fully saturated rings. The van der Waals surface area contributed by atoms with Crippen molar-refractivity contribution in [2.75, 3.05) is 0 Å². The third-order valence-corrected chi connectivity index (χ3v) is 5.68. The van der Waals surface area contributed by atoms with Crippen molar-refractivity contribution in [3.05, 3.63) is 98.9 Å². The number of nitrogens with zero attached hydrogens (tertiary/aromatic N) is 2. The summed E-state index contributed by atoms with van der Waals surface area (Å²) in [6.45, 7) is 4.12. The highest BCUT2D eigenvalue weighted by atomic mass is 127. The van der Waals surface area contributed by atoms with Gasteiger partial charge in [0.25, 0.3) is 5.91 Å². The maximum absolute atomic E-state index is 12.6. The van der Waals surface area contributed by atoms with Gasteiger partial charge in [0.05, 0.1) is 6.21 Å². The lowest BCUT2D eigenvalue weighted by Gasteiger charge is -2.09. The van der Waals surface area contributed by atoms with E-state index in [9.17, 15) is 4.79 Å². The quantitative estimate of drug-likeness (QED) is 0.224. The van der Waals surface area contributed by atoms with Gasteiger partial charge < -0.3 is 4.57 Å². The standard InChI is InChI=1S/C24H20IN3O/c1-16-14-19(17(2)28(16)21-12-10-20(25)11-13-21)15-26-27-24(29)23-9-5-7-18-6-3-4-8-22(18)23/h3-15H,1-2H3,(H,27,29)/b26-15-. The lowest BCUT2D eigenvalue weighted by molar-refractivity contribution is 0.0957. The Hall–Kier alpha value is -2.93. The van der Waals surface area contributed by atoms with Gasteiger partial charge in [0.15, 0.2) is 0 Å². The molecule has 1 N–H and O–H groups in total. The van der Waals surface area contributed by atoms with Crippen LogP contribution in [0.25, 0.3) is 16.5 Å². The number of hydrogen-bond acceptors (Lipinski definition) is 2. The molecular formula is C24H20IN3O. The van der Waals surface area contributed by atoms with Crippen molar-refractivity contribution in [2.45, 2.75) is 13.8 Å². The summed E-state index contributed by atoms with van der Waals surface area (Å²) >= 11 is 2.30. The smallest absolute Gasteiger partial charge is 0.271 e. The first-order valence-corrected chi connectivity index (χ1v) is 10.4. The van der Waals surface area contributed by atoms with Crippen molar-refractivity contribution >= 4 is 45.5 Å². The van der Waals surface area contributed by atoms with Crippen LogP contribution in [0, 0.1) is 17.4 Å². The van der Waals surface area contributed by atoms with E-state index in [2.05, 4.69) is 81.9 Å². The van der Waals surface area contributed by atoms with E-state index in [1.165, 1.54) is 3.57 Å². The summed E-state index contributed by atoms with van der Waals surface area (Å²) < 4.78 is 3.39. The second-order valence-corrected chi connectivity index (χ2v) is 8.11. The van der Waals surface area contributed by atoms with Crippen LogP contribution < -0.4 is 5.43 Å². The number of carbonyl (C=O) groups excluding carboxylic acids is 1. The average Bonchev–Trinajstić information content (AvgIpc) is 3.01. The predicted molar refractivity (Wildman–Crippen MR) is 127 cm³/mol. The molecule has 0 aliphatic heterocycles. The Kier molecular flexibility index (Phi) is 5.49. The van der Waals surface area contributed by atoms with E-state index in [1.807, 2.05) is 42.5 Å². The lowest BCUT2D eigenvalue weighted by Crippen LogP contribution is -2.18. The number of hydrogen-bond donors (Lipinski definition) is 1. The van der Waals surface area contributed by atoms with Gasteiger partial charge in [-0.05, 0) is 83.6 Å². The molecule has 0 atom stereocenters. The first-order valence-electron chi connectivity index (χ1n) is 9.30. The molecular weight excluding hydrogens is 473 g/mol. The first-order chi connectivity index (χ1) is 14.0. The van der Waals surface area contributed by atoms with E-state index in [4.69, 9.17) is 0 Å². The number of hydrazone groups is 1. The zero-order valence-corrected chi connectivity index (χ0v) is 18.3. The van der Waals surface area contributed by atoms with Crippen molar-refractivity contribution < 1.29 is 4.79 Å². The normalized spacial score (nSPS) is 11.3. The SMILES string of the molecule is Cc1cc(/C=N\NC(=O)c2cccc3ccccc23)c(C)n1-c1ccc(I)cc1. The zero-order chi connectivity index (χ0) is 20.4. The molecule has 1 amide bonds. The number of carbonyl (C=O) groups is 1. The van der Waals surface area contributed by atoms with E-state index in [-0.39, 0.29) is 5.91 Å². The summed E-state index contributed by atoms with van der Waals surface area (Å²) in [5, 5.41) is 6.16. The fourth-order valence-corrected chi connectivity index (χ4v) is 3.91. The molecule has 29 heavy (non-hydrogen) atoms. The number of amides is 1. The van der Waals surface area contributed by atoms with Crippen LogP contribution in [0.5, 0.6) is 0 Å². The Bertz CT molecular complexity index is 1220. The lowest BCUT2D eigenvalue weighted by atomic mass is 10.0. The van der Waals surface area contributed by atoms with Crippen LogP contribution in [0.4, 0.5) is 0 Å². The van der Waals surface area contributed by atoms with Crippen molar-refractivity contribution in [3.63, 3.8) is 0 Å². The minimum absolute atomic E-state index is 0.218. The number of rotatable bonds is 4. The van der Waals surface area contributed by atoms with Crippen LogP contribution in [-0.4, -0.2) is 16.7 Å². The van der Waals surface area contributed by atoms with E-state index in [0.717, 1.165) is 33.4 Å². The van der Waals surface area contributed by atoms with Gasteiger partial charge in [-0.25, -0.2) is 5.43 Å². The van der Waals surface area contributed by atoms with Gasteiger partial charge in [-0.15, -0.1) is 0 Å². The molecule has 0 unspecified atom stereocenters. The van der Waals surface area contributed by atoms with E-state index in [1.54, 1.807) is 6.21 Å². The molecule has 4 aromatic rings. The fraction of sp³-hybridized carbons (Fsp3) is 0.0833. The Labute approximate surface area is 183 Å². The molecule has 0 saturated carbocycles. The van der Waals surface area contributed by atoms with Crippen LogP contribution in [0.2, 0.25) is 0 Å². The maximum Gasteiger partial charge on any atom is 0.271 e. The third-order valence-electron chi connectivity index (χ3n) is 4.96. The second-order valence-electron chi connectivity index (χ2n) is 6.86. The highest BCUT2D eigenvalue weighted by Crippen LogP contribution is 2.21. The van der Waals surface area contributed by atoms with Crippen LogP contribution in [0.15, 0.2) is 77.9 Å². The Morgan fingerprint density at radius 1 is 1.00 bits per heavy atom. The van der Waals surface area contributed by atoms with Gasteiger partial charge in [0, 0.05) is 31.8 Å². The molecule has 0 aliphatic rings. The summed E-state index contributed by atoms with van der Waals surface area (Å²) in [5.74, 6) is -0.218. The molecule has 4 rings (SSSR count). The highest BCUT2D eigenvalue weighted by molar-refractivity contribution is 14.1. The van der Waals surface area contributed by atoms with E-state index >= 15 is 0 Å². The van der Waals surface area contributed by atoms with Gasteiger partial charge in [-0.3, -0.25) is 4.79 Å². The third kappa shape index (κ3) is 3.96. The number of nitrogens with one attached hydrogen (secondary N) is 1. The molecule has 0 spiro atoms. The fourth-order valence-electron chi connectivity index (χ4n) is 3.55. The molecule has 0 bridgehead atoms. The maximum atomic E-state index is 12.6. The highest BCUT2D eigenvalue weighted by Gasteiger charge is 2.11. The van der Waals surface area contributed by atoms with Crippen LogP contribution in [0.1, 0.15) is 27.3 Å². The van der Waals surface area contributed by atoms with E-state index in [0.29, 0.717) is 5.56 Å². The summed E-state index contributed by atoms with van der Waals surface area (Å²) in [6.07, 6.45) is 1.70. The molecule has 144 valence electrons. The second kappa shape index (κ2) is 8.21. The Morgan fingerprint density at radius 2 is 1.72 bits per heavy atom. The summed E-state index contributed by atoms with van der Waals surface area (Å²) in [6, 6.07) is 24.0. The van der Waals surface area contributed by atoms with Gasteiger partial charge in [0.2, 0.25) is 0 Å². The molecule has 1 heterocycles. The van der Waals surface area contributed by atoms with Crippen molar-refractivity contribution in [1.82, 2.24) is 9.99 Å². The van der Waals surface area contributed by atoms with Crippen LogP contribution >= 0.6 is 22.6 Å². The number of halogens is 1. The topological polar surface area (TPSA) is 46.4 Å². The Morgan fingerprint density at radius 3 is 2.52 bits per heavy atom. The summed E-state index contributed by atoms with van der Waals surface area (Å²) in [5.41, 5.74) is 7.55. The predicted octanol–water partition coefficient (Wildman–Crippen LogP) is 5.62. The number of fused-ring (bicyclic) bond motifs is 1. The molecule has 0 radical (unpaired) electrons. The summed E-state index contributed by atoms with van der Waals surface area (Å²) in [4.78, 5) is 12.6. The minimum Gasteiger partial charge on any atom is -0.318 e. The molecule has 0 aliphatic carbocycles. The number of aryl methyl sites for hydroxylation is 1. The van der Waals surface area contributed by atoms with Crippen molar-refractivity contribution in [3.8, 4) is 5.69 Å². The van der Waals surface area contributed by atoms with Crippen molar-refractivity contribution in [1.29, 1.82) is 0 Å². The Balaban J connectivity index is 1.56. The molecule has 0 saturated heterocycles. The minimum atomic E-state index is -0.218.